The van der Waals surface area contributed by atoms with Crippen LogP contribution in [0.2, 0.25) is 5.15 Å². The Kier molecular flexibility index (Phi) is 16.3. The SMILES string of the molecule is CCC(C)OC(=O)N1CCCCC1CCO.Cc1nn(C)c(Cl)c1C(=O)Nc1cccc2c1C(C)OC2(C)C.FC(F)(F)c1cccc(C(c2ccccc2)(c2ccccc2)n2cncn2)c1. The molecule has 0 spiro atoms. The second kappa shape index (κ2) is 21.7. The van der Waals surface area contributed by atoms with Gasteiger partial charge in [-0.2, -0.15) is 23.4 Å². The van der Waals surface area contributed by atoms with E-state index in [0.717, 1.165) is 66.2 Å². The smallest absolute Gasteiger partial charge is 0.416 e. The second-order valence-electron chi connectivity index (χ2n) is 17.2. The number of fused-ring (bicyclic) bond motifs is 1. The number of piperidine rings is 1. The number of aryl methyl sites for hydroxylation is 2. The van der Waals surface area contributed by atoms with Gasteiger partial charge in [0.1, 0.15) is 29.5 Å². The van der Waals surface area contributed by atoms with Crippen LogP contribution in [0, 0.1) is 6.92 Å². The highest BCUT2D eigenvalue weighted by Crippen LogP contribution is 2.46. The lowest BCUT2D eigenvalue weighted by atomic mass is 9.76. The average Bonchev–Trinajstić information content (AvgIpc) is 4.00. The van der Waals surface area contributed by atoms with Gasteiger partial charge in [0, 0.05) is 37.5 Å². The van der Waals surface area contributed by atoms with Gasteiger partial charge in [-0.15, -0.1) is 0 Å². The Morgan fingerprint density at radius 1 is 0.955 bits per heavy atom. The van der Waals surface area contributed by atoms with Gasteiger partial charge >= 0.3 is 12.3 Å². The summed E-state index contributed by atoms with van der Waals surface area (Å²) in [6, 6.07) is 30.1. The third-order valence-electron chi connectivity index (χ3n) is 12.2. The summed E-state index contributed by atoms with van der Waals surface area (Å²) in [5, 5.41) is 20.8. The molecular formula is C51H59ClF3N7O5. The molecule has 0 radical (unpaired) electrons. The molecule has 2 amide bonds. The van der Waals surface area contributed by atoms with Crippen molar-refractivity contribution in [3.8, 4) is 0 Å². The molecule has 67 heavy (non-hydrogen) atoms. The number of carbonyl (C=O) groups is 2. The molecule has 12 nitrogen and oxygen atoms in total. The van der Waals surface area contributed by atoms with Gasteiger partial charge in [0.05, 0.1) is 28.5 Å². The minimum absolute atomic E-state index is 0.0239. The second-order valence-corrected chi connectivity index (χ2v) is 17.5. The normalized spacial score (nSPS) is 17.0. The molecule has 3 unspecified atom stereocenters. The lowest BCUT2D eigenvalue weighted by Gasteiger charge is -2.36. The van der Waals surface area contributed by atoms with Crippen molar-refractivity contribution < 1.29 is 37.3 Å². The molecular weight excluding hydrogens is 883 g/mol. The van der Waals surface area contributed by atoms with E-state index in [1.54, 1.807) is 29.6 Å². The molecule has 2 aliphatic heterocycles. The monoisotopic (exact) mass is 941 g/mol. The number of benzene rings is 4. The Bertz CT molecular complexity index is 2530. The Morgan fingerprint density at radius 3 is 2.15 bits per heavy atom. The number of rotatable bonds is 10. The molecule has 3 atom stereocenters. The number of carbonyl (C=O) groups excluding carboxylic acids is 2. The van der Waals surface area contributed by atoms with Crippen LogP contribution in [-0.2, 0) is 33.8 Å². The number of anilines is 1. The number of ether oxygens (including phenoxy) is 2. The number of hydrogen-bond acceptors (Lipinski definition) is 8. The van der Waals surface area contributed by atoms with Crippen molar-refractivity contribution in [1.29, 1.82) is 0 Å². The molecule has 4 aromatic carbocycles. The number of nitrogens with one attached hydrogen (secondary N) is 1. The maximum absolute atomic E-state index is 13.5. The molecule has 0 aliphatic carbocycles. The lowest BCUT2D eigenvalue weighted by molar-refractivity contribution is -0.137. The van der Waals surface area contributed by atoms with E-state index in [9.17, 15) is 22.8 Å². The van der Waals surface area contributed by atoms with Gasteiger partial charge in [0.25, 0.3) is 5.91 Å². The van der Waals surface area contributed by atoms with E-state index in [2.05, 4.69) is 20.5 Å². The standard InChI is InChI=1S/C22H16F3N3.C17H20ClN3O2.C12H23NO3/c23-22(24,25)20-13-7-12-19(14-20)21(28-16-26-15-27-28,17-8-3-1-4-9-17)18-10-5-2-6-11-18;1-9-13(15(18)21(5)20-9)16(22)19-12-8-6-7-11-14(12)10(2)23-17(11,3)4;1-3-10(2)16-12(15)13-8-5-4-6-11(13)7-9-14/h1-16H;6-8,10H,1-5H3,(H,19,22);10-11,14H,3-9H2,1-2H3. The molecule has 1 saturated heterocycles. The summed E-state index contributed by atoms with van der Waals surface area (Å²) in [5.74, 6) is -0.258. The molecule has 1 fully saturated rings. The molecule has 4 heterocycles. The topological polar surface area (TPSA) is 137 Å². The molecule has 16 heteroatoms. The Hall–Kier alpha value is -6.03. The summed E-state index contributed by atoms with van der Waals surface area (Å²) in [6.07, 6.45) is 2.80. The molecule has 2 N–H and O–H groups in total. The number of likely N-dealkylation sites (tertiary alicyclic amines) is 1. The van der Waals surface area contributed by atoms with Gasteiger partial charge in [-0.1, -0.05) is 103 Å². The summed E-state index contributed by atoms with van der Waals surface area (Å²) in [6.45, 7) is 12.6. The van der Waals surface area contributed by atoms with Gasteiger partial charge in [-0.05, 0) is 107 Å². The molecule has 2 aromatic heterocycles. The van der Waals surface area contributed by atoms with E-state index in [-0.39, 0.29) is 42.5 Å². The zero-order valence-electron chi connectivity index (χ0n) is 38.9. The number of aliphatic hydroxyl groups excluding tert-OH is 1. The minimum Gasteiger partial charge on any atom is -0.446 e. The fraction of sp³-hybridized carbons (Fsp3) is 0.392. The number of hydrogen-bond donors (Lipinski definition) is 2. The van der Waals surface area contributed by atoms with E-state index < -0.39 is 17.3 Å². The van der Waals surface area contributed by atoms with Gasteiger partial charge in [-0.3, -0.25) is 9.48 Å². The van der Waals surface area contributed by atoms with Crippen LogP contribution in [0.4, 0.5) is 23.7 Å². The van der Waals surface area contributed by atoms with Crippen molar-refractivity contribution in [3.63, 3.8) is 0 Å². The van der Waals surface area contributed by atoms with E-state index in [0.29, 0.717) is 28.4 Å². The average molecular weight is 943 g/mol. The Balaban J connectivity index is 0.000000172. The quantitative estimate of drug-likeness (QED) is 0.130. The minimum atomic E-state index is -4.45. The van der Waals surface area contributed by atoms with Gasteiger partial charge < -0.3 is 24.8 Å². The zero-order chi connectivity index (χ0) is 48.5. The first-order valence-corrected chi connectivity index (χ1v) is 22.8. The van der Waals surface area contributed by atoms with E-state index in [1.807, 2.05) is 113 Å². The van der Waals surface area contributed by atoms with Crippen LogP contribution in [0.1, 0.15) is 122 Å². The van der Waals surface area contributed by atoms with Crippen LogP contribution in [-0.4, -0.2) is 71.8 Å². The Labute approximate surface area is 395 Å². The first kappa shape index (κ1) is 50.4. The van der Waals surface area contributed by atoms with Crippen molar-refractivity contribution in [1.82, 2.24) is 29.4 Å². The number of nitrogens with zero attached hydrogens (tertiary/aromatic N) is 6. The summed E-state index contributed by atoms with van der Waals surface area (Å²) in [7, 11) is 1.71. The lowest BCUT2D eigenvalue weighted by Crippen LogP contribution is -2.45. The molecule has 356 valence electrons. The summed E-state index contributed by atoms with van der Waals surface area (Å²) in [4.78, 5) is 30.4. The predicted molar refractivity (Wildman–Crippen MR) is 252 cm³/mol. The largest absolute Gasteiger partial charge is 0.446 e. The first-order valence-electron chi connectivity index (χ1n) is 22.5. The van der Waals surface area contributed by atoms with Crippen LogP contribution in [0.25, 0.3) is 0 Å². The van der Waals surface area contributed by atoms with Crippen LogP contribution in [0.15, 0.2) is 116 Å². The Morgan fingerprint density at radius 2 is 1.58 bits per heavy atom. The molecule has 6 aromatic rings. The number of amides is 2. The third-order valence-corrected chi connectivity index (χ3v) is 12.6. The van der Waals surface area contributed by atoms with Gasteiger partial charge in [-0.25, -0.2) is 14.5 Å². The highest BCUT2D eigenvalue weighted by atomic mass is 35.5. The van der Waals surface area contributed by atoms with E-state index in [1.165, 1.54) is 29.5 Å². The molecule has 8 rings (SSSR count). The van der Waals surface area contributed by atoms with Crippen LogP contribution >= 0.6 is 11.6 Å². The summed E-state index contributed by atoms with van der Waals surface area (Å²) >= 11 is 6.18. The van der Waals surface area contributed by atoms with Crippen molar-refractivity contribution in [2.24, 2.45) is 7.05 Å². The van der Waals surface area contributed by atoms with Crippen molar-refractivity contribution in [2.75, 3.05) is 18.5 Å². The van der Waals surface area contributed by atoms with E-state index in [4.69, 9.17) is 26.2 Å². The fourth-order valence-electron chi connectivity index (χ4n) is 8.85. The van der Waals surface area contributed by atoms with Crippen LogP contribution in [0.3, 0.4) is 0 Å². The fourth-order valence-corrected chi connectivity index (χ4v) is 9.11. The number of halogens is 4. The zero-order valence-corrected chi connectivity index (χ0v) is 39.7. The molecule has 0 bridgehead atoms. The van der Waals surface area contributed by atoms with E-state index >= 15 is 0 Å². The number of alkyl halides is 3. The highest BCUT2D eigenvalue weighted by Gasteiger charge is 2.42. The van der Waals surface area contributed by atoms with Crippen molar-refractivity contribution >= 4 is 29.3 Å². The first-order chi connectivity index (χ1) is 31.9. The van der Waals surface area contributed by atoms with Gasteiger partial charge in [0.15, 0.2) is 0 Å². The van der Waals surface area contributed by atoms with Crippen LogP contribution in [0.5, 0.6) is 0 Å². The third kappa shape index (κ3) is 11.2. The van der Waals surface area contributed by atoms with Crippen molar-refractivity contribution in [3.05, 3.63) is 166 Å². The summed E-state index contributed by atoms with van der Waals surface area (Å²) < 4.78 is 54.8. The van der Waals surface area contributed by atoms with Crippen LogP contribution < -0.4 is 5.32 Å². The highest BCUT2D eigenvalue weighted by molar-refractivity contribution is 6.33. The predicted octanol–water partition coefficient (Wildman–Crippen LogP) is 11.3. The van der Waals surface area contributed by atoms with Crippen molar-refractivity contribution in [2.45, 2.75) is 109 Å². The molecule has 2 aliphatic rings. The number of aromatic nitrogens is 5. The maximum atomic E-state index is 13.5. The summed E-state index contributed by atoms with van der Waals surface area (Å²) in [5.41, 5.74) is 3.72. The number of aliphatic hydroxyl groups is 1. The van der Waals surface area contributed by atoms with Gasteiger partial charge in [0.2, 0.25) is 0 Å². The maximum Gasteiger partial charge on any atom is 0.416 e. The molecule has 0 saturated carbocycles.